The monoisotopic (exact) mass is 198 g/mol. The van der Waals surface area contributed by atoms with E-state index in [2.05, 4.69) is 0 Å². The highest BCUT2D eigenvalue weighted by molar-refractivity contribution is 7.98. The summed E-state index contributed by atoms with van der Waals surface area (Å²) in [5.41, 5.74) is 0.873. The molecule has 0 fully saturated rings. The van der Waals surface area contributed by atoms with E-state index in [0.29, 0.717) is 0 Å². The summed E-state index contributed by atoms with van der Waals surface area (Å²) in [6.07, 6.45) is 1.50. The van der Waals surface area contributed by atoms with E-state index in [1.54, 1.807) is 25.8 Å². The molecule has 72 valence electrons. The maximum Gasteiger partial charge on any atom is 0.125 e. The number of ether oxygens (including phenoxy) is 1. The molecule has 0 heterocycles. The van der Waals surface area contributed by atoms with Crippen molar-refractivity contribution < 1.29 is 9.84 Å². The molecule has 0 saturated carbocycles. The zero-order chi connectivity index (χ0) is 9.84. The molecular formula is C10H14O2S. The van der Waals surface area contributed by atoms with Crippen molar-refractivity contribution in [1.29, 1.82) is 0 Å². The maximum atomic E-state index is 9.55. The van der Waals surface area contributed by atoms with E-state index in [4.69, 9.17) is 4.74 Å². The third-order valence-electron chi connectivity index (χ3n) is 1.88. The van der Waals surface area contributed by atoms with Gasteiger partial charge in [-0.2, -0.15) is 0 Å². The summed E-state index contributed by atoms with van der Waals surface area (Å²) in [5, 5.41) is 9.55. The van der Waals surface area contributed by atoms with Crippen LogP contribution in [-0.4, -0.2) is 18.5 Å². The molecule has 0 bridgehead atoms. The minimum Gasteiger partial charge on any atom is -0.496 e. The molecule has 1 N–H and O–H groups in total. The second-order valence-corrected chi connectivity index (χ2v) is 3.60. The summed E-state index contributed by atoms with van der Waals surface area (Å²) in [6.45, 7) is 1.75. The third-order valence-corrected chi connectivity index (χ3v) is 2.68. The number of rotatable bonds is 3. The Morgan fingerprint density at radius 3 is 2.62 bits per heavy atom. The smallest absolute Gasteiger partial charge is 0.125 e. The number of hydrogen-bond donors (Lipinski definition) is 1. The largest absolute Gasteiger partial charge is 0.496 e. The first-order valence-electron chi connectivity index (χ1n) is 4.09. The van der Waals surface area contributed by atoms with Crippen molar-refractivity contribution in [1.82, 2.24) is 0 Å². The Bertz CT molecular complexity index is 262. The molecular weight excluding hydrogens is 184 g/mol. The van der Waals surface area contributed by atoms with Gasteiger partial charge < -0.3 is 9.84 Å². The van der Waals surface area contributed by atoms with Crippen molar-refractivity contribution in [2.45, 2.75) is 17.9 Å². The molecule has 1 rings (SSSR count). The maximum absolute atomic E-state index is 9.55. The Labute approximate surface area is 82.9 Å². The molecule has 0 unspecified atom stereocenters. The van der Waals surface area contributed by atoms with Gasteiger partial charge in [0.2, 0.25) is 0 Å². The molecule has 13 heavy (non-hydrogen) atoms. The van der Waals surface area contributed by atoms with Gasteiger partial charge in [-0.05, 0) is 25.3 Å². The predicted molar refractivity (Wildman–Crippen MR) is 55.4 cm³/mol. The van der Waals surface area contributed by atoms with Crippen LogP contribution in [0.1, 0.15) is 18.6 Å². The van der Waals surface area contributed by atoms with Crippen LogP contribution in [-0.2, 0) is 0 Å². The van der Waals surface area contributed by atoms with Crippen molar-refractivity contribution in [2.75, 3.05) is 13.4 Å². The minimum atomic E-state index is -0.487. The van der Waals surface area contributed by atoms with E-state index >= 15 is 0 Å². The molecule has 1 aromatic carbocycles. The van der Waals surface area contributed by atoms with Gasteiger partial charge in [0, 0.05) is 10.5 Å². The first-order valence-corrected chi connectivity index (χ1v) is 5.32. The molecule has 0 radical (unpaired) electrons. The molecule has 1 atom stereocenters. The number of methoxy groups -OCH3 is 1. The van der Waals surface area contributed by atoms with Crippen molar-refractivity contribution in [3.63, 3.8) is 0 Å². The van der Waals surface area contributed by atoms with E-state index in [0.717, 1.165) is 16.2 Å². The van der Waals surface area contributed by atoms with E-state index < -0.39 is 6.10 Å². The molecule has 2 nitrogen and oxygen atoms in total. The molecule has 0 spiro atoms. The Morgan fingerprint density at radius 1 is 1.46 bits per heavy atom. The van der Waals surface area contributed by atoms with Crippen molar-refractivity contribution in [3.05, 3.63) is 23.8 Å². The molecule has 0 aromatic heterocycles. The first-order chi connectivity index (χ1) is 6.20. The van der Waals surface area contributed by atoms with Crippen LogP contribution in [0.15, 0.2) is 23.1 Å². The topological polar surface area (TPSA) is 29.5 Å². The second-order valence-electron chi connectivity index (χ2n) is 2.75. The number of aliphatic hydroxyl groups excluding tert-OH is 1. The molecule has 0 aliphatic heterocycles. The molecule has 0 aliphatic carbocycles. The van der Waals surface area contributed by atoms with Crippen LogP contribution in [0, 0.1) is 0 Å². The predicted octanol–water partition coefficient (Wildman–Crippen LogP) is 2.47. The van der Waals surface area contributed by atoms with E-state index in [-0.39, 0.29) is 0 Å². The SMILES string of the molecule is COc1cccc(SC)c1[C@H](C)O. The summed E-state index contributed by atoms with van der Waals surface area (Å²) < 4.78 is 5.18. The Balaban J connectivity index is 3.21. The fourth-order valence-corrected chi connectivity index (χ4v) is 2.00. The summed E-state index contributed by atoms with van der Waals surface area (Å²) in [7, 11) is 1.62. The standard InChI is InChI=1S/C10H14O2S/c1-7(11)10-8(12-2)5-4-6-9(10)13-3/h4-7,11H,1-3H3/t7-/m0/s1. The van der Waals surface area contributed by atoms with Gasteiger partial charge in [0.05, 0.1) is 13.2 Å². The Morgan fingerprint density at radius 2 is 2.15 bits per heavy atom. The van der Waals surface area contributed by atoms with Crippen LogP contribution in [0.25, 0.3) is 0 Å². The number of thioether (sulfide) groups is 1. The zero-order valence-corrected chi connectivity index (χ0v) is 8.89. The lowest BCUT2D eigenvalue weighted by Crippen LogP contribution is -1.98. The minimum absolute atomic E-state index is 0.487. The average Bonchev–Trinajstić information content (AvgIpc) is 2.16. The summed E-state index contributed by atoms with van der Waals surface area (Å²) in [5.74, 6) is 0.752. The van der Waals surface area contributed by atoms with Gasteiger partial charge in [-0.1, -0.05) is 6.07 Å². The number of aliphatic hydroxyl groups is 1. The van der Waals surface area contributed by atoms with Crippen LogP contribution in [0.4, 0.5) is 0 Å². The third kappa shape index (κ3) is 2.17. The van der Waals surface area contributed by atoms with Gasteiger partial charge in [0.15, 0.2) is 0 Å². The van der Waals surface area contributed by atoms with Crippen LogP contribution in [0.5, 0.6) is 5.75 Å². The van der Waals surface area contributed by atoms with Gasteiger partial charge in [0.25, 0.3) is 0 Å². The fraction of sp³-hybridized carbons (Fsp3) is 0.400. The molecule has 3 heteroatoms. The van der Waals surface area contributed by atoms with Gasteiger partial charge in [-0.25, -0.2) is 0 Å². The molecule has 1 aromatic rings. The molecule has 0 saturated heterocycles. The van der Waals surface area contributed by atoms with Gasteiger partial charge in [-0.3, -0.25) is 0 Å². The average molecular weight is 198 g/mol. The van der Waals surface area contributed by atoms with Crippen molar-refractivity contribution in [2.24, 2.45) is 0 Å². The highest BCUT2D eigenvalue weighted by Gasteiger charge is 2.12. The van der Waals surface area contributed by atoms with Crippen LogP contribution >= 0.6 is 11.8 Å². The number of benzene rings is 1. The highest BCUT2D eigenvalue weighted by atomic mass is 32.2. The van der Waals surface area contributed by atoms with E-state index in [1.807, 2.05) is 24.5 Å². The van der Waals surface area contributed by atoms with Crippen LogP contribution in [0.3, 0.4) is 0 Å². The first kappa shape index (κ1) is 10.4. The molecule has 0 aliphatic rings. The van der Waals surface area contributed by atoms with Gasteiger partial charge >= 0.3 is 0 Å². The van der Waals surface area contributed by atoms with Crippen molar-refractivity contribution in [3.8, 4) is 5.75 Å². The highest BCUT2D eigenvalue weighted by Crippen LogP contribution is 2.33. The quantitative estimate of drug-likeness (QED) is 0.757. The van der Waals surface area contributed by atoms with E-state index in [1.165, 1.54) is 0 Å². The normalized spacial score (nSPS) is 12.6. The summed E-state index contributed by atoms with van der Waals surface area (Å²) in [4.78, 5) is 1.06. The van der Waals surface area contributed by atoms with Gasteiger partial charge in [0.1, 0.15) is 5.75 Å². The second kappa shape index (κ2) is 4.53. The van der Waals surface area contributed by atoms with Gasteiger partial charge in [-0.15, -0.1) is 11.8 Å². The summed E-state index contributed by atoms with van der Waals surface area (Å²) in [6, 6.07) is 5.77. The lowest BCUT2D eigenvalue weighted by atomic mass is 10.1. The fourth-order valence-electron chi connectivity index (χ4n) is 1.29. The summed E-state index contributed by atoms with van der Waals surface area (Å²) >= 11 is 1.61. The van der Waals surface area contributed by atoms with Crippen molar-refractivity contribution >= 4 is 11.8 Å². The Kier molecular flexibility index (Phi) is 3.63. The Hall–Kier alpha value is -0.670. The lowest BCUT2D eigenvalue weighted by molar-refractivity contribution is 0.191. The molecule has 0 amide bonds. The van der Waals surface area contributed by atoms with Crippen LogP contribution < -0.4 is 4.74 Å². The van der Waals surface area contributed by atoms with Crippen LogP contribution in [0.2, 0.25) is 0 Å². The lowest BCUT2D eigenvalue weighted by Gasteiger charge is -2.14. The zero-order valence-electron chi connectivity index (χ0n) is 8.07. The van der Waals surface area contributed by atoms with E-state index in [9.17, 15) is 5.11 Å². The number of hydrogen-bond acceptors (Lipinski definition) is 3.